The van der Waals surface area contributed by atoms with Gasteiger partial charge in [-0.15, -0.1) is 0 Å². The maximum absolute atomic E-state index is 9.82. The highest BCUT2D eigenvalue weighted by molar-refractivity contribution is 4.88. The molecular formula is C22H42O5. The standard InChI is InChI=1S/C22H42O5/c1-2-3-4-5-6-7-8-9-10-11-12-13-14-15-16-26-20(17-23)22-21(25)19(24)18-27-22/h2-3,19-25H,4-18H2,1H3/b3-2+/t19-,20+,21-,22-/m0/s1. The van der Waals surface area contributed by atoms with Gasteiger partial charge in [0.1, 0.15) is 24.4 Å². The molecule has 160 valence electrons. The molecule has 1 heterocycles. The van der Waals surface area contributed by atoms with E-state index < -0.39 is 24.4 Å². The Morgan fingerprint density at radius 2 is 1.48 bits per heavy atom. The minimum absolute atomic E-state index is 0.0991. The van der Waals surface area contributed by atoms with Gasteiger partial charge in [-0.05, 0) is 26.2 Å². The second kappa shape index (κ2) is 16.5. The van der Waals surface area contributed by atoms with Crippen LogP contribution in [0.1, 0.15) is 84.0 Å². The van der Waals surface area contributed by atoms with Crippen LogP contribution in [0.4, 0.5) is 0 Å². The first-order valence-electron chi connectivity index (χ1n) is 11.0. The van der Waals surface area contributed by atoms with Crippen LogP contribution in [-0.4, -0.2) is 59.6 Å². The van der Waals surface area contributed by atoms with Gasteiger partial charge in [0.15, 0.2) is 0 Å². The molecule has 0 radical (unpaired) electrons. The summed E-state index contributed by atoms with van der Waals surface area (Å²) < 4.78 is 11.0. The number of unbranched alkanes of at least 4 members (excludes halogenated alkanes) is 11. The van der Waals surface area contributed by atoms with Crippen LogP contribution in [0.15, 0.2) is 12.2 Å². The summed E-state index contributed by atoms with van der Waals surface area (Å²) in [6.07, 6.45) is 16.6. The quantitative estimate of drug-likeness (QED) is 0.262. The molecule has 0 bridgehead atoms. The molecule has 4 atom stereocenters. The minimum Gasteiger partial charge on any atom is -0.394 e. The maximum Gasteiger partial charge on any atom is 0.114 e. The van der Waals surface area contributed by atoms with E-state index in [1.165, 1.54) is 64.2 Å². The average Bonchev–Trinajstić information content (AvgIpc) is 3.00. The molecule has 0 amide bonds. The van der Waals surface area contributed by atoms with E-state index in [0.29, 0.717) is 6.61 Å². The first-order valence-corrected chi connectivity index (χ1v) is 11.0. The van der Waals surface area contributed by atoms with Crippen LogP contribution in [0.5, 0.6) is 0 Å². The van der Waals surface area contributed by atoms with Gasteiger partial charge in [0.05, 0.1) is 13.2 Å². The molecule has 0 aromatic rings. The van der Waals surface area contributed by atoms with Crippen molar-refractivity contribution in [3.8, 4) is 0 Å². The summed E-state index contributed by atoms with van der Waals surface area (Å²) in [7, 11) is 0. The van der Waals surface area contributed by atoms with Crippen molar-refractivity contribution in [2.45, 2.75) is 108 Å². The highest BCUT2D eigenvalue weighted by atomic mass is 16.6. The smallest absolute Gasteiger partial charge is 0.114 e. The van der Waals surface area contributed by atoms with E-state index in [2.05, 4.69) is 19.1 Å². The van der Waals surface area contributed by atoms with E-state index in [-0.39, 0.29) is 13.2 Å². The van der Waals surface area contributed by atoms with Crippen LogP contribution < -0.4 is 0 Å². The van der Waals surface area contributed by atoms with Crippen molar-refractivity contribution in [3.63, 3.8) is 0 Å². The molecule has 0 unspecified atom stereocenters. The third-order valence-corrected chi connectivity index (χ3v) is 5.32. The van der Waals surface area contributed by atoms with E-state index in [1.54, 1.807) is 0 Å². The van der Waals surface area contributed by atoms with Gasteiger partial charge in [0, 0.05) is 6.61 Å². The summed E-state index contributed by atoms with van der Waals surface area (Å²) in [5.74, 6) is 0. The van der Waals surface area contributed by atoms with Crippen molar-refractivity contribution in [2.24, 2.45) is 0 Å². The van der Waals surface area contributed by atoms with Gasteiger partial charge in [0.25, 0.3) is 0 Å². The number of aliphatic hydroxyl groups is 3. The van der Waals surface area contributed by atoms with Crippen molar-refractivity contribution in [2.75, 3.05) is 19.8 Å². The van der Waals surface area contributed by atoms with Crippen molar-refractivity contribution in [1.82, 2.24) is 0 Å². The summed E-state index contributed by atoms with van der Waals surface area (Å²) in [6, 6.07) is 0. The van der Waals surface area contributed by atoms with Crippen LogP contribution in [0.2, 0.25) is 0 Å². The van der Waals surface area contributed by atoms with Gasteiger partial charge < -0.3 is 24.8 Å². The van der Waals surface area contributed by atoms with Crippen molar-refractivity contribution < 1.29 is 24.8 Å². The Hall–Kier alpha value is -0.460. The Bertz CT molecular complexity index is 361. The van der Waals surface area contributed by atoms with Gasteiger partial charge >= 0.3 is 0 Å². The van der Waals surface area contributed by atoms with Crippen molar-refractivity contribution in [1.29, 1.82) is 0 Å². The highest BCUT2D eigenvalue weighted by Crippen LogP contribution is 2.20. The van der Waals surface area contributed by atoms with E-state index in [4.69, 9.17) is 9.47 Å². The lowest BCUT2D eigenvalue weighted by molar-refractivity contribution is -0.101. The molecule has 0 aromatic heterocycles. The zero-order chi connectivity index (χ0) is 19.7. The molecule has 5 nitrogen and oxygen atoms in total. The summed E-state index contributed by atoms with van der Waals surface area (Å²) in [4.78, 5) is 0. The van der Waals surface area contributed by atoms with E-state index >= 15 is 0 Å². The molecule has 27 heavy (non-hydrogen) atoms. The minimum atomic E-state index is -0.977. The molecule has 1 aliphatic rings. The molecule has 0 aliphatic carbocycles. The van der Waals surface area contributed by atoms with E-state index in [1.807, 2.05) is 0 Å². The fraction of sp³-hybridized carbons (Fsp3) is 0.909. The molecular weight excluding hydrogens is 344 g/mol. The third-order valence-electron chi connectivity index (χ3n) is 5.32. The molecule has 1 saturated heterocycles. The van der Waals surface area contributed by atoms with Gasteiger partial charge in [-0.2, -0.15) is 0 Å². The molecule has 0 spiro atoms. The number of ether oxygens (including phenoxy) is 2. The molecule has 3 N–H and O–H groups in total. The van der Waals surface area contributed by atoms with E-state index in [9.17, 15) is 15.3 Å². The van der Waals surface area contributed by atoms with Gasteiger partial charge in [-0.3, -0.25) is 0 Å². The van der Waals surface area contributed by atoms with Gasteiger partial charge in [0.2, 0.25) is 0 Å². The first kappa shape index (κ1) is 24.6. The second-order valence-electron chi connectivity index (χ2n) is 7.69. The monoisotopic (exact) mass is 386 g/mol. The summed E-state index contributed by atoms with van der Waals surface area (Å²) in [6.45, 7) is 2.54. The van der Waals surface area contributed by atoms with Crippen LogP contribution in [0.3, 0.4) is 0 Å². The zero-order valence-electron chi connectivity index (χ0n) is 17.2. The number of hydrogen-bond acceptors (Lipinski definition) is 5. The highest BCUT2D eigenvalue weighted by Gasteiger charge is 2.40. The van der Waals surface area contributed by atoms with Gasteiger partial charge in [-0.1, -0.05) is 69.9 Å². The SMILES string of the molecule is C/C=C/CCCCCCCCCCCCCO[C@H](CO)[C@@H]1OC[C@H](O)[C@@H]1O. The van der Waals surface area contributed by atoms with Gasteiger partial charge in [-0.25, -0.2) is 0 Å². The lowest BCUT2D eigenvalue weighted by Gasteiger charge is -2.24. The topological polar surface area (TPSA) is 79.2 Å². The predicted octanol–water partition coefficient (Wildman–Crippen LogP) is 3.74. The Kier molecular flexibility index (Phi) is 15.0. The molecule has 0 aromatic carbocycles. The van der Waals surface area contributed by atoms with Crippen molar-refractivity contribution >= 4 is 0 Å². The number of aliphatic hydroxyl groups excluding tert-OH is 3. The fourth-order valence-corrected chi connectivity index (χ4v) is 3.56. The summed E-state index contributed by atoms with van der Waals surface area (Å²) in [5, 5.41) is 28.7. The number of allylic oxidation sites excluding steroid dienone is 2. The fourth-order valence-electron chi connectivity index (χ4n) is 3.56. The Balaban J connectivity index is 1.86. The van der Waals surface area contributed by atoms with Crippen LogP contribution in [0, 0.1) is 0 Å². The predicted molar refractivity (Wildman–Crippen MR) is 109 cm³/mol. The molecule has 1 fully saturated rings. The lowest BCUT2D eigenvalue weighted by Crippen LogP contribution is -2.42. The van der Waals surface area contributed by atoms with Crippen molar-refractivity contribution in [3.05, 3.63) is 12.2 Å². The Morgan fingerprint density at radius 3 is 1.96 bits per heavy atom. The van der Waals surface area contributed by atoms with Crippen LogP contribution in [-0.2, 0) is 9.47 Å². The third kappa shape index (κ3) is 11.2. The summed E-state index contributed by atoms with van der Waals surface area (Å²) >= 11 is 0. The normalized spacial score (nSPS) is 24.1. The molecule has 1 rings (SSSR count). The maximum atomic E-state index is 9.82. The summed E-state index contributed by atoms with van der Waals surface area (Å²) in [5.41, 5.74) is 0. The average molecular weight is 387 g/mol. The molecule has 5 heteroatoms. The second-order valence-corrected chi connectivity index (χ2v) is 7.69. The number of hydrogen-bond donors (Lipinski definition) is 3. The van der Waals surface area contributed by atoms with Crippen LogP contribution >= 0.6 is 0 Å². The zero-order valence-corrected chi connectivity index (χ0v) is 17.2. The van der Waals surface area contributed by atoms with E-state index in [0.717, 1.165) is 12.8 Å². The molecule has 0 saturated carbocycles. The molecule has 1 aliphatic heterocycles. The Labute approximate surface area is 165 Å². The Morgan fingerprint density at radius 1 is 0.926 bits per heavy atom. The first-order chi connectivity index (χ1) is 13.2. The number of rotatable bonds is 17. The van der Waals surface area contributed by atoms with Crippen LogP contribution in [0.25, 0.3) is 0 Å². The lowest BCUT2D eigenvalue weighted by atomic mass is 10.0. The largest absolute Gasteiger partial charge is 0.394 e.